The average molecular weight is 382 g/mol. The van der Waals surface area contributed by atoms with E-state index in [4.69, 9.17) is 0 Å². The molecule has 0 saturated carbocycles. The highest BCUT2D eigenvalue weighted by Crippen LogP contribution is 2.18. The van der Waals surface area contributed by atoms with E-state index in [2.05, 4.69) is 36.2 Å². The average Bonchev–Trinajstić information content (AvgIpc) is 2.71. The highest BCUT2D eigenvalue weighted by atomic mass is 16.2. The van der Waals surface area contributed by atoms with Gasteiger partial charge in [-0.1, -0.05) is 30.3 Å². The zero-order valence-electron chi connectivity index (χ0n) is 17.4. The molecule has 3 rings (SSSR count). The Bertz CT molecular complexity index is 889. The number of piperidine rings is 1. The summed E-state index contributed by atoms with van der Waals surface area (Å²) in [6, 6.07) is 12.7. The number of carbonyl (C=O) groups excluding carboxylic acids is 1. The van der Waals surface area contributed by atoms with Crippen molar-refractivity contribution in [3.63, 3.8) is 0 Å². The quantitative estimate of drug-likeness (QED) is 0.800. The van der Waals surface area contributed by atoms with E-state index in [1.54, 1.807) is 11.6 Å². The molecule has 0 bridgehead atoms. The first kappa shape index (κ1) is 20.3. The normalized spacial score (nSPS) is 17.2. The Morgan fingerprint density at radius 3 is 2.64 bits per heavy atom. The maximum absolute atomic E-state index is 13.1. The fourth-order valence-electron chi connectivity index (χ4n) is 4.03. The first-order valence-corrected chi connectivity index (χ1v) is 10.1. The second kappa shape index (κ2) is 8.74. The smallest absolute Gasteiger partial charge is 0.263 e. The van der Waals surface area contributed by atoms with Gasteiger partial charge in [-0.15, -0.1) is 0 Å². The third-order valence-electron chi connectivity index (χ3n) is 5.98. The van der Waals surface area contributed by atoms with Gasteiger partial charge in [0.15, 0.2) is 0 Å². The maximum atomic E-state index is 13.1. The van der Waals surface area contributed by atoms with Crippen LogP contribution in [0.4, 0.5) is 0 Å². The van der Waals surface area contributed by atoms with E-state index < -0.39 is 0 Å². The Hall–Kier alpha value is -2.40. The summed E-state index contributed by atoms with van der Waals surface area (Å²) in [5.74, 6) is -0.126. The number of carbonyl (C=O) groups is 1. The molecule has 1 aliphatic rings. The van der Waals surface area contributed by atoms with Crippen molar-refractivity contribution in [2.24, 2.45) is 7.05 Å². The summed E-state index contributed by atoms with van der Waals surface area (Å²) >= 11 is 0. The zero-order chi connectivity index (χ0) is 20.3. The van der Waals surface area contributed by atoms with Crippen molar-refractivity contribution in [3.8, 4) is 0 Å². The second-order valence-corrected chi connectivity index (χ2v) is 7.97. The number of pyridine rings is 1. The fraction of sp³-hybridized carbons (Fsp3) is 0.478. The van der Waals surface area contributed by atoms with Gasteiger partial charge in [0.1, 0.15) is 5.56 Å². The van der Waals surface area contributed by atoms with Crippen molar-refractivity contribution >= 4 is 5.91 Å². The molecule has 0 spiro atoms. The van der Waals surface area contributed by atoms with Crippen molar-refractivity contribution in [1.29, 1.82) is 0 Å². The van der Waals surface area contributed by atoms with Gasteiger partial charge < -0.3 is 14.4 Å². The summed E-state index contributed by atoms with van der Waals surface area (Å²) in [6.45, 7) is 6.11. The molecule has 5 heteroatoms. The van der Waals surface area contributed by atoms with E-state index in [-0.39, 0.29) is 11.5 Å². The van der Waals surface area contributed by atoms with E-state index in [1.807, 2.05) is 30.9 Å². The lowest BCUT2D eigenvalue weighted by Gasteiger charge is -2.38. The maximum Gasteiger partial charge on any atom is 0.263 e. The van der Waals surface area contributed by atoms with Gasteiger partial charge in [-0.3, -0.25) is 9.59 Å². The van der Waals surface area contributed by atoms with Crippen LogP contribution in [-0.2, 0) is 13.5 Å². The van der Waals surface area contributed by atoms with Gasteiger partial charge in [0.05, 0.1) is 0 Å². The molecule has 0 unspecified atom stereocenters. The summed E-state index contributed by atoms with van der Waals surface area (Å²) in [7, 11) is 3.86. The number of amides is 1. The van der Waals surface area contributed by atoms with E-state index in [0.717, 1.165) is 43.6 Å². The van der Waals surface area contributed by atoms with Crippen LogP contribution in [0.3, 0.4) is 0 Å². The van der Waals surface area contributed by atoms with Crippen molar-refractivity contribution in [1.82, 2.24) is 14.4 Å². The highest BCUT2D eigenvalue weighted by molar-refractivity contribution is 5.95. The van der Waals surface area contributed by atoms with E-state index >= 15 is 0 Å². The van der Waals surface area contributed by atoms with Crippen LogP contribution in [0.5, 0.6) is 0 Å². The predicted octanol–water partition coefficient (Wildman–Crippen LogP) is 2.78. The largest absolute Gasteiger partial charge is 0.337 e. The van der Waals surface area contributed by atoms with E-state index in [9.17, 15) is 9.59 Å². The number of aryl methyl sites for hydroxylation is 2. The molecule has 1 aromatic carbocycles. The standard InChI is InChI=1S/C23H31N3O2/c1-17-15-18(2)25(4)22(27)21(17)23(28)26-13-8-11-20(16-26)24(3)14-12-19-9-6-5-7-10-19/h5-7,9-10,15,20H,8,11-14,16H2,1-4H3/t20-/m1/s1. The molecule has 1 fully saturated rings. The zero-order valence-corrected chi connectivity index (χ0v) is 17.4. The molecule has 2 aromatic rings. The molecular formula is C23H31N3O2. The van der Waals surface area contributed by atoms with Gasteiger partial charge >= 0.3 is 0 Å². The number of hydrogen-bond donors (Lipinski definition) is 0. The molecule has 0 aliphatic carbocycles. The minimum atomic E-state index is -0.193. The van der Waals surface area contributed by atoms with Gasteiger partial charge in [0.2, 0.25) is 0 Å². The number of benzene rings is 1. The summed E-state index contributed by atoms with van der Waals surface area (Å²) in [5.41, 5.74) is 3.10. The molecular weight excluding hydrogens is 350 g/mol. The van der Waals surface area contributed by atoms with Gasteiger partial charge in [-0.2, -0.15) is 0 Å². The Morgan fingerprint density at radius 1 is 1.21 bits per heavy atom. The van der Waals surface area contributed by atoms with Gasteiger partial charge in [0.25, 0.3) is 11.5 Å². The third-order valence-corrected chi connectivity index (χ3v) is 5.98. The second-order valence-electron chi connectivity index (χ2n) is 7.97. The topological polar surface area (TPSA) is 45.6 Å². The summed E-state index contributed by atoms with van der Waals surface area (Å²) < 4.78 is 1.56. The van der Waals surface area contributed by atoms with Crippen molar-refractivity contribution in [2.75, 3.05) is 26.7 Å². The lowest BCUT2D eigenvalue weighted by Crippen LogP contribution is -2.50. The van der Waals surface area contributed by atoms with E-state index in [0.29, 0.717) is 18.2 Å². The molecule has 1 saturated heterocycles. The van der Waals surface area contributed by atoms with Gasteiger partial charge in [-0.05, 0) is 57.4 Å². The summed E-state index contributed by atoms with van der Waals surface area (Å²) in [4.78, 5) is 30.0. The molecule has 0 radical (unpaired) electrons. The highest BCUT2D eigenvalue weighted by Gasteiger charge is 2.29. The predicted molar refractivity (Wildman–Crippen MR) is 113 cm³/mol. The van der Waals surface area contributed by atoms with Crippen LogP contribution in [0, 0.1) is 13.8 Å². The van der Waals surface area contributed by atoms with Crippen LogP contribution in [0.15, 0.2) is 41.2 Å². The molecule has 1 aliphatic heterocycles. The SMILES string of the molecule is Cc1cc(C)n(C)c(=O)c1C(=O)N1CCC[C@@H](N(C)CCc2ccccc2)C1. The third kappa shape index (κ3) is 4.36. The molecule has 1 amide bonds. The number of hydrogen-bond acceptors (Lipinski definition) is 3. The fourth-order valence-corrected chi connectivity index (χ4v) is 4.03. The van der Waals surface area contributed by atoms with Crippen LogP contribution in [0.2, 0.25) is 0 Å². The van der Waals surface area contributed by atoms with Crippen LogP contribution in [0.1, 0.15) is 40.0 Å². The van der Waals surface area contributed by atoms with Crippen molar-refractivity contribution in [2.45, 2.75) is 39.2 Å². The van der Waals surface area contributed by atoms with Crippen molar-refractivity contribution in [3.05, 3.63) is 69.1 Å². The number of likely N-dealkylation sites (tertiary alicyclic amines) is 1. The number of aromatic nitrogens is 1. The summed E-state index contributed by atoms with van der Waals surface area (Å²) in [5, 5.41) is 0. The lowest BCUT2D eigenvalue weighted by molar-refractivity contribution is 0.0608. The molecule has 1 atom stereocenters. The van der Waals surface area contributed by atoms with Crippen LogP contribution < -0.4 is 5.56 Å². The Labute approximate surface area is 167 Å². The first-order valence-electron chi connectivity index (χ1n) is 10.1. The number of nitrogens with zero attached hydrogens (tertiary/aromatic N) is 3. The molecule has 5 nitrogen and oxygen atoms in total. The lowest BCUT2D eigenvalue weighted by atomic mass is 10.0. The first-order chi connectivity index (χ1) is 13.4. The minimum absolute atomic E-state index is 0.126. The molecule has 2 heterocycles. The number of rotatable bonds is 5. The monoisotopic (exact) mass is 381 g/mol. The number of likely N-dealkylation sites (N-methyl/N-ethyl adjacent to an activating group) is 1. The molecule has 0 N–H and O–H groups in total. The van der Waals surface area contributed by atoms with Crippen LogP contribution in [0.25, 0.3) is 0 Å². The minimum Gasteiger partial charge on any atom is -0.337 e. The summed E-state index contributed by atoms with van der Waals surface area (Å²) in [6.07, 6.45) is 3.05. The Balaban J connectivity index is 1.68. The van der Waals surface area contributed by atoms with Gasteiger partial charge in [0, 0.05) is 38.4 Å². The molecule has 150 valence electrons. The Morgan fingerprint density at radius 2 is 1.93 bits per heavy atom. The molecule has 28 heavy (non-hydrogen) atoms. The van der Waals surface area contributed by atoms with E-state index in [1.165, 1.54) is 5.56 Å². The molecule has 1 aromatic heterocycles. The van der Waals surface area contributed by atoms with Crippen LogP contribution >= 0.6 is 0 Å². The van der Waals surface area contributed by atoms with Crippen molar-refractivity contribution < 1.29 is 4.79 Å². The van der Waals surface area contributed by atoms with Gasteiger partial charge in [-0.25, -0.2) is 0 Å². The van der Waals surface area contributed by atoms with Crippen LogP contribution in [-0.4, -0.2) is 53.0 Å². The Kier molecular flexibility index (Phi) is 6.35.